The van der Waals surface area contributed by atoms with E-state index >= 15 is 0 Å². The fourth-order valence-electron chi connectivity index (χ4n) is 2.89. The SMILES string of the molecule is Cc1ccc(S(=O)(=O)n2ccc3c2CC(C(F)F)CC3)cc1. The molecule has 1 atom stereocenters. The number of fused-ring (bicyclic) bond motifs is 1. The van der Waals surface area contributed by atoms with E-state index in [1.807, 2.05) is 6.92 Å². The van der Waals surface area contributed by atoms with Crippen LogP contribution in [0, 0.1) is 12.8 Å². The Morgan fingerprint density at radius 3 is 2.50 bits per heavy atom. The smallest absolute Gasteiger partial charge is 0.246 e. The van der Waals surface area contributed by atoms with Crippen LogP contribution in [0.3, 0.4) is 0 Å². The number of benzene rings is 1. The van der Waals surface area contributed by atoms with Crippen molar-refractivity contribution in [3.63, 3.8) is 0 Å². The fourth-order valence-corrected chi connectivity index (χ4v) is 4.30. The summed E-state index contributed by atoms with van der Waals surface area (Å²) in [5, 5.41) is 0. The van der Waals surface area contributed by atoms with Gasteiger partial charge in [-0.05, 0) is 49.9 Å². The molecule has 1 unspecified atom stereocenters. The summed E-state index contributed by atoms with van der Waals surface area (Å²) in [5.41, 5.74) is 2.32. The van der Waals surface area contributed by atoms with Gasteiger partial charge in [0.2, 0.25) is 6.43 Å². The molecule has 22 heavy (non-hydrogen) atoms. The Bertz CT molecular complexity index is 779. The highest BCUT2D eigenvalue weighted by Gasteiger charge is 2.31. The number of rotatable bonds is 3. The van der Waals surface area contributed by atoms with Crippen molar-refractivity contribution in [1.82, 2.24) is 3.97 Å². The van der Waals surface area contributed by atoms with Crippen LogP contribution in [0.5, 0.6) is 0 Å². The Morgan fingerprint density at radius 1 is 1.18 bits per heavy atom. The third-order valence-corrected chi connectivity index (χ3v) is 5.95. The maximum Gasteiger partial charge on any atom is 0.267 e. The van der Waals surface area contributed by atoms with E-state index in [0.717, 1.165) is 11.1 Å². The van der Waals surface area contributed by atoms with Gasteiger partial charge < -0.3 is 0 Å². The van der Waals surface area contributed by atoms with Crippen LogP contribution in [-0.4, -0.2) is 18.8 Å². The van der Waals surface area contributed by atoms with Gasteiger partial charge in [0, 0.05) is 17.8 Å². The molecule has 0 spiro atoms. The minimum absolute atomic E-state index is 0.102. The Labute approximate surface area is 128 Å². The third-order valence-electron chi connectivity index (χ3n) is 4.22. The lowest BCUT2D eigenvalue weighted by atomic mass is 9.88. The average Bonchev–Trinajstić information content (AvgIpc) is 2.91. The second-order valence-corrected chi connectivity index (χ2v) is 7.55. The van der Waals surface area contributed by atoms with Crippen molar-refractivity contribution in [3.05, 3.63) is 53.3 Å². The molecule has 1 aliphatic rings. The van der Waals surface area contributed by atoms with Gasteiger partial charge in [-0.25, -0.2) is 21.2 Å². The van der Waals surface area contributed by atoms with E-state index in [0.29, 0.717) is 18.5 Å². The number of aryl methyl sites for hydroxylation is 2. The van der Waals surface area contributed by atoms with Gasteiger partial charge in [0.1, 0.15) is 0 Å². The molecule has 1 aliphatic carbocycles. The molecule has 0 aliphatic heterocycles. The molecule has 3 rings (SSSR count). The quantitative estimate of drug-likeness (QED) is 0.867. The zero-order chi connectivity index (χ0) is 15.9. The highest BCUT2D eigenvalue weighted by atomic mass is 32.2. The van der Waals surface area contributed by atoms with Crippen LogP contribution in [0.1, 0.15) is 23.2 Å². The van der Waals surface area contributed by atoms with Crippen molar-refractivity contribution in [1.29, 1.82) is 0 Å². The van der Waals surface area contributed by atoms with Crippen molar-refractivity contribution >= 4 is 10.0 Å². The predicted octanol–water partition coefficient (Wildman–Crippen LogP) is 3.40. The molecule has 1 aromatic carbocycles. The largest absolute Gasteiger partial charge is 0.267 e. The summed E-state index contributed by atoms with van der Waals surface area (Å²) in [4.78, 5) is 0.177. The molecule has 0 bridgehead atoms. The van der Waals surface area contributed by atoms with E-state index in [-0.39, 0.29) is 11.3 Å². The van der Waals surface area contributed by atoms with Gasteiger partial charge in [0.05, 0.1) is 4.90 Å². The topological polar surface area (TPSA) is 39.1 Å². The second kappa shape index (κ2) is 5.50. The Balaban J connectivity index is 2.03. The van der Waals surface area contributed by atoms with Crippen molar-refractivity contribution in [2.45, 2.75) is 37.5 Å². The zero-order valence-corrected chi connectivity index (χ0v) is 13.0. The molecule has 1 aromatic heterocycles. The normalized spacial score (nSPS) is 18.5. The van der Waals surface area contributed by atoms with Crippen molar-refractivity contribution in [3.8, 4) is 0 Å². The fraction of sp³-hybridized carbons (Fsp3) is 0.375. The highest BCUT2D eigenvalue weighted by molar-refractivity contribution is 7.90. The Kier molecular flexibility index (Phi) is 3.80. The molecule has 6 heteroatoms. The molecule has 0 saturated heterocycles. The van der Waals surface area contributed by atoms with Crippen LogP contribution in [0.15, 0.2) is 41.4 Å². The van der Waals surface area contributed by atoms with E-state index in [1.165, 1.54) is 10.2 Å². The van der Waals surface area contributed by atoms with Crippen LogP contribution in [-0.2, 0) is 22.9 Å². The molecular formula is C16H17F2NO2S. The van der Waals surface area contributed by atoms with Gasteiger partial charge in [-0.1, -0.05) is 17.7 Å². The minimum atomic E-state index is -3.73. The first-order valence-corrected chi connectivity index (χ1v) is 8.63. The molecule has 0 fully saturated rings. The van der Waals surface area contributed by atoms with Crippen LogP contribution in [0.2, 0.25) is 0 Å². The molecule has 3 nitrogen and oxygen atoms in total. The third kappa shape index (κ3) is 2.56. The maximum absolute atomic E-state index is 13.0. The summed E-state index contributed by atoms with van der Waals surface area (Å²) in [6, 6.07) is 8.27. The first-order chi connectivity index (χ1) is 10.4. The summed E-state index contributed by atoms with van der Waals surface area (Å²) in [6.45, 7) is 1.88. The maximum atomic E-state index is 13.0. The molecule has 0 amide bonds. The van der Waals surface area contributed by atoms with E-state index in [9.17, 15) is 17.2 Å². The molecule has 1 heterocycles. The van der Waals surface area contributed by atoms with Crippen molar-refractivity contribution in [2.24, 2.45) is 5.92 Å². The van der Waals surface area contributed by atoms with Gasteiger partial charge in [0.15, 0.2) is 0 Å². The lowest BCUT2D eigenvalue weighted by Gasteiger charge is -2.23. The monoisotopic (exact) mass is 325 g/mol. The van der Waals surface area contributed by atoms with Crippen molar-refractivity contribution in [2.75, 3.05) is 0 Å². The van der Waals surface area contributed by atoms with Crippen molar-refractivity contribution < 1.29 is 17.2 Å². The predicted molar refractivity (Wildman–Crippen MR) is 79.7 cm³/mol. The lowest BCUT2D eigenvalue weighted by Crippen LogP contribution is -2.24. The summed E-state index contributed by atoms with van der Waals surface area (Å²) in [7, 11) is -3.73. The number of aromatic nitrogens is 1. The average molecular weight is 325 g/mol. The highest BCUT2D eigenvalue weighted by Crippen LogP contribution is 2.32. The second-order valence-electron chi connectivity index (χ2n) is 5.74. The number of hydrogen-bond donors (Lipinski definition) is 0. The minimum Gasteiger partial charge on any atom is -0.246 e. The summed E-state index contributed by atoms with van der Waals surface area (Å²) in [5.74, 6) is -0.769. The van der Waals surface area contributed by atoms with Gasteiger partial charge in [-0.3, -0.25) is 0 Å². The summed E-state index contributed by atoms with van der Waals surface area (Å²) >= 11 is 0. The number of hydrogen-bond acceptors (Lipinski definition) is 2. The van der Waals surface area contributed by atoms with Crippen LogP contribution < -0.4 is 0 Å². The van der Waals surface area contributed by atoms with E-state index in [2.05, 4.69) is 0 Å². The van der Waals surface area contributed by atoms with Gasteiger partial charge in [-0.15, -0.1) is 0 Å². The first kappa shape index (κ1) is 15.2. The van der Waals surface area contributed by atoms with E-state index < -0.39 is 22.4 Å². The first-order valence-electron chi connectivity index (χ1n) is 7.19. The van der Waals surface area contributed by atoms with Gasteiger partial charge >= 0.3 is 0 Å². The van der Waals surface area contributed by atoms with Crippen LogP contribution >= 0.6 is 0 Å². The van der Waals surface area contributed by atoms with E-state index in [4.69, 9.17) is 0 Å². The standard InChI is InChI=1S/C16H17F2NO2S/c1-11-2-6-14(7-3-11)22(20,21)19-9-8-12-4-5-13(16(17)18)10-15(12)19/h2-3,6-9,13,16H,4-5,10H2,1H3. The number of alkyl halides is 2. The molecule has 118 valence electrons. The zero-order valence-electron chi connectivity index (χ0n) is 12.2. The van der Waals surface area contributed by atoms with Gasteiger partial charge in [-0.2, -0.15) is 0 Å². The van der Waals surface area contributed by atoms with Crippen LogP contribution in [0.4, 0.5) is 8.78 Å². The lowest BCUT2D eigenvalue weighted by molar-refractivity contribution is 0.0688. The molecular weight excluding hydrogens is 308 g/mol. The molecule has 0 N–H and O–H groups in total. The number of nitrogens with zero attached hydrogens (tertiary/aromatic N) is 1. The molecule has 0 saturated carbocycles. The molecule has 2 aromatic rings. The Hall–Kier alpha value is -1.69. The summed E-state index contributed by atoms with van der Waals surface area (Å²) < 4.78 is 52.5. The number of halogens is 2. The molecule has 0 radical (unpaired) electrons. The summed E-state index contributed by atoms with van der Waals surface area (Å²) in [6.07, 6.45) is 0.0670. The van der Waals surface area contributed by atoms with Gasteiger partial charge in [0.25, 0.3) is 10.0 Å². The Morgan fingerprint density at radius 2 is 1.86 bits per heavy atom. The van der Waals surface area contributed by atoms with E-state index in [1.54, 1.807) is 30.3 Å². The van der Waals surface area contributed by atoms with Crippen LogP contribution in [0.25, 0.3) is 0 Å².